The predicted molar refractivity (Wildman–Crippen MR) is 49.9 cm³/mol. The molecule has 2 heteroatoms. The molecule has 0 amide bonds. The van der Waals surface area contributed by atoms with Gasteiger partial charge in [0.1, 0.15) is 6.17 Å². The molecule has 3 unspecified atom stereocenters. The molecule has 12 heavy (non-hydrogen) atoms. The van der Waals surface area contributed by atoms with Crippen molar-refractivity contribution in [1.82, 2.24) is 5.32 Å². The Morgan fingerprint density at radius 1 is 1.75 bits per heavy atom. The standard InChI is InChI=1S/C10H18FN/c1-4-7(2)8(3)10-5-9(11)6-12-10/h7,9-10,12H,3-6H2,1-2H3. The number of halogens is 1. The Morgan fingerprint density at radius 2 is 2.42 bits per heavy atom. The fraction of sp³-hybridized carbons (Fsp3) is 0.800. The highest BCUT2D eigenvalue weighted by atomic mass is 19.1. The van der Waals surface area contributed by atoms with E-state index in [9.17, 15) is 4.39 Å². The number of hydrogen-bond donors (Lipinski definition) is 1. The van der Waals surface area contributed by atoms with Crippen molar-refractivity contribution in [2.24, 2.45) is 5.92 Å². The van der Waals surface area contributed by atoms with Crippen molar-refractivity contribution in [1.29, 1.82) is 0 Å². The van der Waals surface area contributed by atoms with Gasteiger partial charge in [0.15, 0.2) is 0 Å². The molecule has 3 atom stereocenters. The zero-order valence-corrected chi connectivity index (χ0v) is 7.94. The summed E-state index contributed by atoms with van der Waals surface area (Å²) in [6, 6.07) is 0.218. The molecular weight excluding hydrogens is 153 g/mol. The Hall–Kier alpha value is -0.370. The van der Waals surface area contributed by atoms with Gasteiger partial charge in [-0.3, -0.25) is 0 Å². The molecular formula is C10H18FN. The van der Waals surface area contributed by atoms with Gasteiger partial charge in [-0.2, -0.15) is 0 Å². The SMILES string of the molecule is C=C(C(C)CC)C1CC(F)CN1. The fourth-order valence-electron chi connectivity index (χ4n) is 1.58. The van der Waals surface area contributed by atoms with E-state index >= 15 is 0 Å². The van der Waals surface area contributed by atoms with E-state index in [-0.39, 0.29) is 6.04 Å². The van der Waals surface area contributed by atoms with Crippen molar-refractivity contribution in [2.75, 3.05) is 6.54 Å². The van der Waals surface area contributed by atoms with E-state index in [1.54, 1.807) is 0 Å². The van der Waals surface area contributed by atoms with Gasteiger partial charge < -0.3 is 5.32 Å². The summed E-state index contributed by atoms with van der Waals surface area (Å²) in [7, 11) is 0. The third-order valence-electron chi connectivity index (χ3n) is 2.77. The molecule has 0 aromatic carbocycles. The summed E-state index contributed by atoms with van der Waals surface area (Å²) in [5, 5.41) is 3.15. The second kappa shape index (κ2) is 4.04. The first-order chi connectivity index (χ1) is 5.65. The van der Waals surface area contributed by atoms with Crippen LogP contribution in [0.1, 0.15) is 26.7 Å². The van der Waals surface area contributed by atoms with Gasteiger partial charge in [-0.25, -0.2) is 4.39 Å². The van der Waals surface area contributed by atoms with E-state index in [0.717, 1.165) is 12.0 Å². The van der Waals surface area contributed by atoms with E-state index in [4.69, 9.17) is 0 Å². The normalized spacial score (nSPS) is 31.9. The molecule has 0 aromatic rings. The quantitative estimate of drug-likeness (QED) is 0.642. The third-order valence-corrected chi connectivity index (χ3v) is 2.77. The van der Waals surface area contributed by atoms with E-state index in [1.807, 2.05) is 0 Å². The fourth-order valence-corrected chi connectivity index (χ4v) is 1.58. The molecule has 0 bridgehead atoms. The maximum Gasteiger partial charge on any atom is 0.114 e. The highest BCUT2D eigenvalue weighted by Gasteiger charge is 2.26. The zero-order valence-electron chi connectivity index (χ0n) is 7.94. The topological polar surface area (TPSA) is 12.0 Å². The molecule has 70 valence electrons. The smallest absolute Gasteiger partial charge is 0.114 e. The minimum atomic E-state index is -0.671. The summed E-state index contributed by atoms with van der Waals surface area (Å²) in [5.41, 5.74) is 1.16. The van der Waals surface area contributed by atoms with Crippen LogP contribution in [0, 0.1) is 5.92 Å². The summed E-state index contributed by atoms with van der Waals surface area (Å²) in [4.78, 5) is 0. The Kier molecular flexibility index (Phi) is 3.27. The highest BCUT2D eigenvalue weighted by Crippen LogP contribution is 2.23. The van der Waals surface area contributed by atoms with Crippen LogP contribution < -0.4 is 5.32 Å². The summed E-state index contributed by atoms with van der Waals surface area (Å²) in [6.45, 7) is 8.80. The van der Waals surface area contributed by atoms with Gasteiger partial charge in [0.2, 0.25) is 0 Å². The average Bonchev–Trinajstić information content (AvgIpc) is 2.49. The molecule has 1 aliphatic rings. The first-order valence-corrected chi connectivity index (χ1v) is 4.71. The maximum atomic E-state index is 12.8. The van der Waals surface area contributed by atoms with Crippen molar-refractivity contribution in [3.63, 3.8) is 0 Å². The summed E-state index contributed by atoms with van der Waals surface area (Å²) in [5.74, 6) is 0.507. The molecule has 1 rings (SSSR count). The monoisotopic (exact) mass is 171 g/mol. The van der Waals surface area contributed by atoms with Gasteiger partial charge in [0, 0.05) is 12.6 Å². The molecule has 0 spiro atoms. The van der Waals surface area contributed by atoms with E-state index in [1.165, 1.54) is 0 Å². The lowest BCUT2D eigenvalue weighted by atomic mass is 9.93. The van der Waals surface area contributed by atoms with Crippen molar-refractivity contribution in [3.8, 4) is 0 Å². The first kappa shape index (κ1) is 9.72. The van der Waals surface area contributed by atoms with Crippen molar-refractivity contribution >= 4 is 0 Å². The Morgan fingerprint density at radius 3 is 2.83 bits per heavy atom. The molecule has 1 heterocycles. The van der Waals surface area contributed by atoms with Crippen LogP contribution in [0.2, 0.25) is 0 Å². The number of alkyl halides is 1. The number of rotatable bonds is 3. The molecule has 1 nitrogen and oxygen atoms in total. The van der Waals surface area contributed by atoms with Crippen molar-refractivity contribution in [2.45, 2.75) is 38.9 Å². The summed E-state index contributed by atoms with van der Waals surface area (Å²) < 4.78 is 12.8. The third kappa shape index (κ3) is 2.07. The zero-order chi connectivity index (χ0) is 9.14. The molecule has 1 N–H and O–H groups in total. The van der Waals surface area contributed by atoms with Crippen LogP contribution in [-0.4, -0.2) is 18.8 Å². The van der Waals surface area contributed by atoms with Crippen LogP contribution >= 0.6 is 0 Å². The van der Waals surface area contributed by atoms with E-state index < -0.39 is 6.17 Å². The van der Waals surface area contributed by atoms with Crippen LogP contribution in [0.15, 0.2) is 12.2 Å². The van der Waals surface area contributed by atoms with Crippen molar-refractivity contribution < 1.29 is 4.39 Å². The van der Waals surface area contributed by atoms with E-state index in [0.29, 0.717) is 18.9 Å². The predicted octanol–water partition coefficient (Wildman–Crippen LogP) is 2.29. The summed E-state index contributed by atoms with van der Waals surface area (Å²) >= 11 is 0. The molecule has 1 saturated heterocycles. The number of hydrogen-bond acceptors (Lipinski definition) is 1. The highest BCUT2D eigenvalue weighted by molar-refractivity contribution is 5.11. The molecule has 0 aliphatic carbocycles. The van der Waals surface area contributed by atoms with Gasteiger partial charge in [0.05, 0.1) is 0 Å². The molecule has 1 aliphatic heterocycles. The molecule has 1 fully saturated rings. The van der Waals surface area contributed by atoms with Crippen LogP contribution in [0.25, 0.3) is 0 Å². The van der Waals surface area contributed by atoms with Crippen LogP contribution in [0.4, 0.5) is 4.39 Å². The lowest BCUT2D eigenvalue weighted by molar-refractivity contribution is 0.356. The van der Waals surface area contributed by atoms with Crippen LogP contribution in [0.5, 0.6) is 0 Å². The van der Waals surface area contributed by atoms with Gasteiger partial charge in [-0.1, -0.05) is 26.0 Å². The van der Waals surface area contributed by atoms with Gasteiger partial charge in [0.25, 0.3) is 0 Å². The van der Waals surface area contributed by atoms with E-state index in [2.05, 4.69) is 25.7 Å². The minimum Gasteiger partial charge on any atom is -0.307 e. The van der Waals surface area contributed by atoms with Crippen molar-refractivity contribution in [3.05, 3.63) is 12.2 Å². The Balaban J connectivity index is 2.43. The van der Waals surface area contributed by atoms with Gasteiger partial charge in [-0.15, -0.1) is 0 Å². The largest absolute Gasteiger partial charge is 0.307 e. The minimum absolute atomic E-state index is 0.218. The molecule has 0 radical (unpaired) electrons. The average molecular weight is 171 g/mol. The van der Waals surface area contributed by atoms with Crippen LogP contribution in [-0.2, 0) is 0 Å². The first-order valence-electron chi connectivity index (χ1n) is 4.71. The molecule has 0 saturated carbocycles. The summed E-state index contributed by atoms with van der Waals surface area (Å²) in [6.07, 6.45) is 1.03. The second-order valence-electron chi connectivity index (χ2n) is 3.68. The lowest BCUT2D eigenvalue weighted by Gasteiger charge is -2.18. The number of nitrogens with one attached hydrogen (secondary N) is 1. The van der Waals surface area contributed by atoms with Crippen LogP contribution in [0.3, 0.4) is 0 Å². The Labute approximate surface area is 74.0 Å². The maximum absolute atomic E-state index is 12.8. The second-order valence-corrected chi connectivity index (χ2v) is 3.68. The van der Waals surface area contributed by atoms with Gasteiger partial charge >= 0.3 is 0 Å². The van der Waals surface area contributed by atoms with Gasteiger partial charge in [-0.05, 0) is 18.8 Å². The lowest BCUT2D eigenvalue weighted by Crippen LogP contribution is -2.26. The molecule has 0 aromatic heterocycles. The Bertz CT molecular complexity index is 167.